The van der Waals surface area contributed by atoms with Crippen LogP contribution in [0.5, 0.6) is 0 Å². The molecule has 2 N–H and O–H groups in total. The molecule has 100 valence electrons. The zero-order valence-electron chi connectivity index (χ0n) is 10.1. The number of rotatable bonds is 3. The molecule has 0 saturated heterocycles. The van der Waals surface area contributed by atoms with Crippen molar-refractivity contribution in [1.82, 2.24) is 5.32 Å². The van der Waals surface area contributed by atoms with Crippen molar-refractivity contribution in [3.8, 4) is 0 Å². The van der Waals surface area contributed by atoms with E-state index in [0.717, 1.165) is 16.7 Å². The van der Waals surface area contributed by atoms with Crippen molar-refractivity contribution in [2.75, 3.05) is 13.2 Å². The summed E-state index contributed by atoms with van der Waals surface area (Å²) in [5.74, 6) is 0. The molecule has 0 aromatic heterocycles. The maximum Gasteiger partial charge on any atom is 0.401 e. The highest BCUT2D eigenvalue weighted by atomic mass is 19.4. The van der Waals surface area contributed by atoms with Crippen LogP contribution in [0.25, 0.3) is 0 Å². The second-order valence-corrected chi connectivity index (χ2v) is 4.87. The molecule has 2 rings (SSSR count). The summed E-state index contributed by atoms with van der Waals surface area (Å²) in [6, 6.07) is 5.73. The topological polar surface area (TPSA) is 32.3 Å². The van der Waals surface area contributed by atoms with E-state index in [4.69, 9.17) is 0 Å². The van der Waals surface area contributed by atoms with Crippen molar-refractivity contribution in [3.05, 3.63) is 34.9 Å². The molecule has 1 aliphatic carbocycles. The van der Waals surface area contributed by atoms with E-state index in [2.05, 4.69) is 5.32 Å². The number of hydrogen-bond acceptors (Lipinski definition) is 2. The monoisotopic (exact) mass is 259 g/mol. The average molecular weight is 259 g/mol. The summed E-state index contributed by atoms with van der Waals surface area (Å²) in [5, 5.41) is 12.0. The maximum atomic E-state index is 12.3. The number of aryl methyl sites for hydroxylation is 2. The average Bonchev–Trinajstić information content (AvgIpc) is 2.65. The van der Waals surface area contributed by atoms with Gasteiger partial charge in [0.15, 0.2) is 0 Å². The molecular weight excluding hydrogens is 243 g/mol. The number of nitrogens with one attached hydrogen (secondary N) is 1. The predicted octanol–water partition coefficient (Wildman–Crippen LogP) is 2.28. The Morgan fingerprint density at radius 1 is 1.39 bits per heavy atom. The van der Waals surface area contributed by atoms with Crippen LogP contribution in [0.2, 0.25) is 0 Å². The van der Waals surface area contributed by atoms with Gasteiger partial charge in [-0.15, -0.1) is 0 Å². The molecule has 1 atom stereocenters. The molecule has 0 aliphatic heterocycles. The lowest BCUT2D eigenvalue weighted by Gasteiger charge is -2.30. The molecule has 1 aliphatic rings. The van der Waals surface area contributed by atoms with Gasteiger partial charge < -0.3 is 5.11 Å². The van der Waals surface area contributed by atoms with Gasteiger partial charge in [0.05, 0.1) is 18.7 Å². The summed E-state index contributed by atoms with van der Waals surface area (Å²) < 4.78 is 37.0. The van der Waals surface area contributed by atoms with Gasteiger partial charge in [-0.3, -0.25) is 5.32 Å². The largest absolute Gasteiger partial charge is 0.401 e. The van der Waals surface area contributed by atoms with Crippen molar-refractivity contribution >= 4 is 0 Å². The van der Waals surface area contributed by atoms with Crippen LogP contribution in [-0.2, 0) is 12.0 Å². The fourth-order valence-electron chi connectivity index (χ4n) is 2.51. The van der Waals surface area contributed by atoms with Gasteiger partial charge >= 0.3 is 6.18 Å². The number of aliphatic hydroxyl groups is 1. The Hall–Kier alpha value is -1.07. The van der Waals surface area contributed by atoms with Crippen molar-refractivity contribution in [2.24, 2.45) is 0 Å². The zero-order valence-corrected chi connectivity index (χ0v) is 10.1. The van der Waals surface area contributed by atoms with E-state index >= 15 is 0 Å². The molecule has 1 unspecified atom stereocenters. The molecule has 2 nitrogen and oxygen atoms in total. The Labute approximate surface area is 104 Å². The lowest BCUT2D eigenvalue weighted by atomic mass is 9.91. The third-order valence-corrected chi connectivity index (χ3v) is 3.50. The Balaban J connectivity index is 2.28. The van der Waals surface area contributed by atoms with Gasteiger partial charge in [0.1, 0.15) is 0 Å². The van der Waals surface area contributed by atoms with Crippen molar-refractivity contribution < 1.29 is 18.3 Å². The maximum absolute atomic E-state index is 12.3. The van der Waals surface area contributed by atoms with Crippen LogP contribution in [0.4, 0.5) is 13.2 Å². The number of halogens is 3. The molecule has 5 heteroatoms. The lowest BCUT2D eigenvalue weighted by molar-refractivity contribution is -0.130. The molecule has 1 aromatic carbocycles. The normalized spacial score (nSPS) is 23.2. The molecule has 0 fully saturated rings. The lowest BCUT2D eigenvalue weighted by Crippen LogP contribution is -2.47. The number of alkyl halides is 3. The van der Waals surface area contributed by atoms with E-state index < -0.39 is 18.3 Å². The van der Waals surface area contributed by atoms with Crippen LogP contribution in [0.1, 0.15) is 23.1 Å². The Morgan fingerprint density at radius 2 is 2.11 bits per heavy atom. The van der Waals surface area contributed by atoms with E-state index in [1.165, 1.54) is 0 Å². The van der Waals surface area contributed by atoms with Crippen molar-refractivity contribution in [2.45, 2.75) is 31.5 Å². The standard InChI is InChI=1S/C13H16F3NO/c1-9-2-3-10-4-5-12(8-18,11(10)6-9)17-7-13(14,15)16/h2-3,6,17-18H,4-5,7-8H2,1H3. The predicted molar refractivity (Wildman–Crippen MR) is 62.3 cm³/mol. The SMILES string of the molecule is Cc1ccc2c(c1)C(CO)(NCC(F)(F)F)CC2. The Morgan fingerprint density at radius 3 is 2.72 bits per heavy atom. The first kappa shape index (κ1) is 13.4. The smallest absolute Gasteiger partial charge is 0.394 e. The minimum Gasteiger partial charge on any atom is -0.394 e. The van der Waals surface area contributed by atoms with E-state index in [1.807, 2.05) is 25.1 Å². The summed E-state index contributed by atoms with van der Waals surface area (Å²) in [6.45, 7) is 0.491. The van der Waals surface area contributed by atoms with Gasteiger partial charge in [-0.2, -0.15) is 13.2 Å². The third-order valence-electron chi connectivity index (χ3n) is 3.50. The van der Waals surface area contributed by atoms with Crippen LogP contribution in [0.3, 0.4) is 0 Å². The van der Waals surface area contributed by atoms with Gasteiger partial charge in [-0.25, -0.2) is 0 Å². The zero-order chi connectivity index (χ0) is 13.4. The van der Waals surface area contributed by atoms with Crippen LogP contribution >= 0.6 is 0 Å². The molecule has 0 radical (unpaired) electrons. The van der Waals surface area contributed by atoms with Gasteiger partial charge in [0.25, 0.3) is 0 Å². The second kappa shape index (κ2) is 4.55. The molecule has 18 heavy (non-hydrogen) atoms. The van der Waals surface area contributed by atoms with Crippen LogP contribution < -0.4 is 5.32 Å². The summed E-state index contributed by atoms with van der Waals surface area (Å²) in [5.41, 5.74) is 1.86. The van der Waals surface area contributed by atoms with Gasteiger partial charge in [0, 0.05) is 0 Å². The first-order valence-corrected chi connectivity index (χ1v) is 5.89. The first-order chi connectivity index (χ1) is 8.36. The fourth-order valence-corrected chi connectivity index (χ4v) is 2.51. The fraction of sp³-hybridized carbons (Fsp3) is 0.538. The molecule has 0 heterocycles. The van der Waals surface area contributed by atoms with Crippen molar-refractivity contribution in [3.63, 3.8) is 0 Å². The highest BCUT2D eigenvalue weighted by molar-refractivity contribution is 5.41. The summed E-state index contributed by atoms with van der Waals surface area (Å²) in [4.78, 5) is 0. The summed E-state index contributed by atoms with van der Waals surface area (Å²) in [6.07, 6.45) is -3.08. The minimum absolute atomic E-state index is 0.320. The van der Waals surface area contributed by atoms with Crippen LogP contribution in [0, 0.1) is 6.92 Å². The number of hydrogen-bond donors (Lipinski definition) is 2. The number of aliphatic hydroxyl groups excluding tert-OH is 1. The summed E-state index contributed by atoms with van der Waals surface area (Å²) >= 11 is 0. The highest BCUT2D eigenvalue weighted by Gasteiger charge is 2.41. The Kier molecular flexibility index (Phi) is 3.38. The van der Waals surface area contributed by atoms with E-state index in [9.17, 15) is 18.3 Å². The van der Waals surface area contributed by atoms with E-state index in [-0.39, 0.29) is 6.61 Å². The highest BCUT2D eigenvalue weighted by Crippen LogP contribution is 2.37. The van der Waals surface area contributed by atoms with Gasteiger partial charge in [0.2, 0.25) is 0 Å². The van der Waals surface area contributed by atoms with Crippen molar-refractivity contribution in [1.29, 1.82) is 0 Å². The first-order valence-electron chi connectivity index (χ1n) is 5.89. The third kappa shape index (κ3) is 2.52. The van der Waals surface area contributed by atoms with Gasteiger partial charge in [-0.1, -0.05) is 23.8 Å². The molecular formula is C13H16F3NO. The molecule has 0 spiro atoms. The Bertz CT molecular complexity index is 444. The van der Waals surface area contributed by atoms with Gasteiger partial charge in [-0.05, 0) is 30.9 Å². The number of benzene rings is 1. The molecule has 1 aromatic rings. The van der Waals surface area contributed by atoms with Crippen LogP contribution in [-0.4, -0.2) is 24.4 Å². The molecule has 0 amide bonds. The molecule has 0 saturated carbocycles. The van der Waals surface area contributed by atoms with E-state index in [1.54, 1.807) is 0 Å². The minimum atomic E-state index is -4.27. The molecule has 0 bridgehead atoms. The van der Waals surface area contributed by atoms with E-state index in [0.29, 0.717) is 12.8 Å². The van der Waals surface area contributed by atoms with Crippen LogP contribution in [0.15, 0.2) is 18.2 Å². The summed E-state index contributed by atoms with van der Waals surface area (Å²) in [7, 11) is 0. The second-order valence-electron chi connectivity index (χ2n) is 4.87. The number of fused-ring (bicyclic) bond motifs is 1. The quantitative estimate of drug-likeness (QED) is 0.873.